The van der Waals surface area contributed by atoms with Gasteiger partial charge in [-0.2, -0.15) is 0 Å². The van der Waals surface area contributed by atoms with Crippen LogP contribution in [0.5, 0.6) is 0 Å². The van der Waals surface area contributed by atoms with Gasteiger partial charge in [-0.05, 0) is 37.3 Å². The van der Waals surface area contributed by atoms with E-state index in [1.165, 1.54) is 10.9 Å². The van der Waals surface area contributed by atoms with E-state index in [2.05, 4.69) is 11.1 Å². The number of H-pyrrole nitrogens is 1. The molecule has 1 fully saturated rings. The lowest BCUT2D eigenvalue weighted by Gasteiger charge is -2.14. The summed E-state index contributed by atoms with van der Waals surface area (Å²) in [6.07, 6.45) is 5.96. The molecule has 1 aliphatic heterocycles. The Morgan fingerprint density at radius 2 is 1.96 bits per heavy atom. The van der Waals surface area contributed by atoms with Crippen LogP contribution < -0.4 is 0 Å². The first-order valence-corrected chi connectivity index (χ1v) is 8.22. The van der Waals surface area contributed by atoms with E-state index >= 15 is 0 Å². The lowest BCUT2D eigenvalue weighted by molar-refractivity contribution is -0.151. The molecule has 2 aromatic rings. The van der Waals surface area contributed by atoms with E-state index in [9.17, 15) is 9.59 Å². The monoisotopic (exact) mass is 314 g/mol. The lowest BCUT2D eigenvalue weighted by Crippen LogP contribution is -2.32. The number of carbonyl (C=O) groups is 2. The van der Waals surface area contributed by atoms with Gasteiger partial charge >= 0.3 is 5.97 Å². The number of hydrogen-bond acceptors (Lipinski definition) is 3. The molecule has 23 heavy (non-hydrogen) atoms. The number of aryl methyl sites for hydroxylation is 1. The van der Waals surface area contributed by atoms with Gasteiger partial charge in [-0.1, -0.05) is 18.2 Å². The van der Waals surface area contributed by atoms with E-state index in [4.69, 9.17) is 4.74 Å². The first-order chi connectivity index (χ1) is 11.2. The van der Waals surface area contributed by atoms with Gasteiger partial charge in [-0.3, -0.25) is 9.59 Å². The topological polar surface area (TPSA) is 62.4 Å². The van der Waals surface area contributed by atoms with Crippen LogP contribution in [0.3, 0.4) is 0 Å². The number of rotatable bonds is 6. The van der Waals surface area contributed by atoms with Crippen molar-refractivity contribution in [2.75, 3.05) is 19.7 Å². The highest BCUT2D eigenvalue weighted by atomic mass is 16.5. The molecule has 1 N–H and O–H groups in total. The number of nitrogens with one attached hydrogen (secondary N) is 1. The Bertz CT molecular complexity index is 686. The molecule has 5 nitrogen and oxygen atoms in total. The number of hydrogen-bond donors (Lipinski definition) is 1. The van der Waals surface area contributed by atoms with Crippen LogP contribution in [-0.4, -0.2) is 41.5 Å². The number of aromatic amines is 1. The standard InChI is InChI=1S/C18H22N2O3/c21-17(20-10-3-4-11-20)13-23-18(22)9-5-6-14-12-19-16-8-2-1-7-15(14)16/h1-2,7-8,12,19H,3-6,9-11,13H2. The van der Waals surface area contributed by atoms with E-state index in [1.807, 2.05) is 24.4 Å². The molecule has 1 aromatic heterocycles. The van der Waals surface area contributed by atoms with Crippen LogP contribution in [0, 0.1) is 0 Å². The van der Waals surface area contributed by atoms with E-state index in [0.29, 0.717) is 6.42 Å². The molecule has 0 saturated carbocycles. The highest BCUT2D eigenvalue weighted by Gasteiger charge is 2.19. The molecule has 2 heterocycles. The molecule has 1 aromatic carbocycles. The number of fused-ring (bicyclic) bond motifs is 1. The van der Waals surface area contributed by atoms with Crippen molar-refractivity contribution in [2.45, 2.75) is 32.1 Å². The number of likely N-dealkylation sites (tertiary alicyclic amines) is 1. The second kappa shape index (κ2) is 7.31. The molecule has 0 radical (unpaired) electrons. The summed E-state index contributed by atoms with van der Waals surface area (Å²) in [6, 6.07) is 8.13. The Kier molecular flexibility index (Phi) is 4.95. The number of aromatic nitrogens is 1. The van der Waals surface area contributed by atoms with Gasteiger partial charge in [0.1, 0.15) is 0 Å². The number of nitrogens with zero attached hydrogens (tertiary/aromatic N) is 1. The third kappa shape index (κ3) is 3.92. The fourth-order valence-corrected chi connectivity index (χ4v) is 3.03. The van der Waals surface area contributed by atoms with Crippen molar-refractivity contribution in [1.29, 1.82) is 0 Å². The highest BCUT2D eigenvalue weighted by Crippen LogP contribution is 2.19. The highest BCUT2D eigenvalue weighted by molar-refractivity contribution is 5.83. The van der Waals surface area contributed by atoms with Gasteiger partial charge < -0.3 is 14.6 Å². The molecule has 122 valence electrons. The third-order valence-electron chi connectivity index (χ3n) is 4.32. The minimum Gasteiger partial charge on any atom is -0.456 e. The summed E-state index contributed by atoms with van der Waals surface area (Å²) in [6.45, 7) is 1.46. The van der Waals surface area contributed by atoms with Crippen LogP contribution >= 0.6 is 0 Å². The zero-order chi connectivity index (χ0) is 16.1. The molecule has 0 atom stereocenters. The smallest absolute Gasteiger partial charge is 0.306 e. The molecule has 0 spiro atoms. The number of esters is 1. The van der Waals surface area contributed by atoms with Crippen LogP contribution in [0.25, 0.3) is 10.9 Å². The fourth-order valence-electron chi connectivity index (χ4n) is 3.03. The normalized spacial score (nSPS) is 14.3. The summed E-state index contributed by atoms with van der Waals surface area (Å²) in [4.78, 5) is 28.5. The average molecular weight is 314 g/mol. The van der Waals surface area contributed by atoms with Gasteiger partial charge in [0.05, 0.1) is 0 Å². The van der Waals surface area contributed by atoms with E-state index < -0.39 is 0 Å². The third-order valence-corrected chi connectivity index (χ3v) is 4.32. The Hall–Kier alpha value is -2.30. The molecule has 0 aliphatic carbocycles. The number of carbonyl (C=O) groups excluding carboxylic acids is 2. The SMILES string of the molecule is O=C(CCCc1c[nH]c2ccccc12)OCC(=O)N1CCCC1. The molecule has 0 unspecified atom stereocenters. The van der Waals surface area contributed by atoms with Crippen molar-refractivity contribution in [3.8, 4) is 0 Å². The number of amides is 1. The van der Waals surface area contributed by atoms with Crippen LogP contribution in [0.15, 0.2) is 30.5 Å². The molecule has 1 amide bonds. The summed E-state index contributed by atoms with van der Waals surface area (Å²) in [5.41, 5.74) is 2.32. The molecular formula is C18H22N2O3. The molecule has 5 heteroatoms. The van der Waals surface area contributed by atoms with Gasteiger partial charge in [-0.15, -0.1) is 0 Å². The minimum atomic E-state index is -0.294. The van der Waals surface area contributed by atoms with Crippen molar-refractivity contribution in [2.24, 2.45) is 0 Å². The first kappa shape index (κ1) is 15.6. The van der Waals surface area contributed by atoms with Crippen LogP contribution in [-0.2, 0) is 20.7 Å². The summed E-state index contributed by atoms with van der Waals surface area (Å²) < 4.78 is 5.09. The summed E-state index contributed by atoms with van der Waals surface area (Å²) in [5.74, 6) is -0.370. The molecular weight excluding hydrogens is 292 g/mol. The van der Waals surface area contributed by atoms with Gasteiger partial charge in [0.25, 0.3) is 5.91 Å². The Morgan fingerprint density at radius 1 is 1.17 bits per heavy atom. The first-order valence-electron chi connectivity index (χ1n) is 8.22. The largest absolute Gasteiger partial charge is 0.456 e. The predicted octanol–water partition coefficient (Wildman–Crippen LogP) is 2.66. The molecule has 0 bridgehead atoms. The Balaban J connectivity index is 1.40. The molecule has 1 saturated heterocycles. The van der Waals surface area contributed by atoms with E-state index in [1.54, 1.807) is 4.90 Å². The van der Waals surface area contributed by atoms with Gasteiger partial charge in [-0.25, -0.2) is 0 Å². The van der Waals surface area contributed by atoms with E-state index in [0.717, 1.165) is 44.3 Å². The van der Waals surface area contributed by atoms with Gasteiger partial charge in [0.2, 0.25) is 0 Å². The second-order valence-electron chi connectivity index (χ2n) is 5.96. The van der Waals surface area contributed by atoms with Crippen LogP contribution in [0.4, 0.5) is 0 Å². The lowest BCUT2D eigenvalue weighted by atomic mass is 10.1. The minimum absolute atomic E-state index is 0.0764. The second-order valence-corrected chi connectivity index (χ2v) is 5.96. The number of para-hydroxylation sites is 1. The molecule has 1 aliphatic rings. The van der Waals surface area contributed by atoms with Crippen molar-refractivity contribution in [3.05, 3.63) is 36.0 Å². The predicted molar refractivity (Wildman–Crippen MR) is 88.0 cm³/mol. The van der Waals surface area contributed by atoms with Gasteiger partial charge in [0.15, 0.2) is 6.61 Å². The fraction of sp³-hybridized carbons (Fsp3) is 0.444. The maximum Gasteiger partial charge on any atom is 0.306 e. The molecule has 3 rings (SSSR count). The van der Waals surface area contributed by atoms with Crippen molar-refractivity contribution < 1.29 is 14.3 Å². The van der Waals surface area contributed by atoms with E-state index in [-0.39, 0.29) is 18.5 Å². The number of ether oxygens (including phenoxy) is 1. The maximum absolute atomic E-state index is 11.8. The van der Waals surface area contributed by atoms with Gasteiger partial charge in [0, 0.05) is 36.6 Å². The zero-order valence-corrected chi connectivity index (χ0v) is 13.2. The maximum atomic E-state index is 11.8. The Morgan fingerprint density at radius 3 is 2.78 bits per heavy atom. The van der Waals surface area contributed by atoms with Crippen molar-refractivity contribution in [1.82, 2.24) is 9.88 Å². The van der Waals surface area contributed by atoms with Crippen LogP contribution in [0.1, 0.15) is 31.2 Å². The average Bonchev–Trinajstić information content (AvgIpc) is 3.23. The number of benzene rings is 1. The quantitative estimate of drug-likeness (QED) is 0.834. The van der Waals surface area contributed by atoms with Crippen LogP contribution in [0.2, 0.25) is 0 Å². The summed E-state index contributed by atoms with van der Waals surface area (Å²) >= 11 is 0. The zero-order valence-electron chi connectivity index (χ0n) is 13.2. The van der Waals surface area contributed by atoms with Crippen molar-refractivity contribution >= 4 is 22.8 Å². The summed E-state index contributed by atoms with van der Waals surface area (Å²) in [7, 11) is 0. The van der Waals surface area contributed by atoms with Crippen molar-refractivity contribution in [3.63, 3.8) is 0 Å². The Labute approximate surface area is 135 Å². The summed E-state index contributed by atoms with van der Waals surface area (Å²) in [5, 5.41) is 1.20.